The summed E-state index contributed by atoms with van der Waals surface area (Å²) in [4.78, 5) is 12.0. The van der Waals surface area contributed by atoms with Gasteiger partial charge in [-0.3, -0.25) is 0 Å². The molecule has 2 atom stereocenters. The summed E-state index contributed by atoms with van der Waals surface area (Å²) in [6.45, 7) is 8.52. The molecule has 134 valence electrons. The third kappa shape index (κ3) is 2.80. The summed E-state index contributed by atoms with van der Waals surface area (Å²) < 4.78 is 11.8. The van der Waals surface area contributed by atoms with Crippen LogP contribution in [0.1, 0.15) is 40.3 Å². The molecule has 0 bridgehead atoms. The highest BCUT2D eigenvalue weighted by atomic mass is 35.5. The number of aryl methyl sites for hydroxylation is 1. The SMILES string of the molecule is C=C1C(=O)OC2c3c(C)c(OCc4cccc(Cl)c4)cc(C)c3CC[C@@H]12. The molecule has 1 fully saturated rings. The molecule has 0 radical (unpaired) electrons. The van der Waals surface area contributed by atoms with E-state index in [2.05, 4.69) is 19.6 Å². The Hall–Kier alpha value is -2.26. The first-order chi connectivity index (χ1) is 12.5. The lowest BCUT2D eigenvalue weighted by molar-refractivity contribution is -0.139. The van der Waals surface area contributed by atoms with Gasteiger partial charge in [0, 0.05) is 22.1 Å². The Morgan fingerprint density at radius 2 is 2.12 bits per heavy atom. The molecule has 2 aromatic carbocycles. The van der Waals surface area contributed by atoms with E-state index in [1.165, 1.54) is 11.1 Å². The van der Waals surface area contributed by atoms with Crippen LogP contribution in [0.5, 0.6) is 5.75 Å². The Labute approximate surface area is 158 Å². The lowest BCUT2D eigenvalue weighted by atomic mass is 9.76. The second-order valence-corrected chi connectivity index (χ2v) is 7.56. The molecule has 2 aromatic rings. The second kappa shape index (κ2) is 6.48. The van der Waals surface area contributed by atoms with E-state index < -0.39 is 0 Å². The van der Waals surface area contributed by atoms with Crippen molar-refractivity contribution in [3.8, 4) is 5.75 Å². The molecular formula is C22H21ClO3. The fourth-order valence-electron chi connectivity index (χ4n) is 4.11. The van der Waals surface area contributed by atoms with Crippen LogP contribution in [0.2, 0.25) is 5.02 Å². The number of benzene rings is 2. The summed E-state index contributed by atoms with van der Waals surface area (Å²) in [7, 11) is 0. The summed E-state index contributed by atoms with van der Waals surface area (Å²) in [5, 5.41) is 0.698. The maximum absolute atomic E-state index is 12.0. The number of halogens is 1. The number of esters is 1. The molecule has 0 spiro atoms. The number of carbonyl (C=O) groups excluding carboxylic acids is 1. The fourth-order valence-corrected chi connectivity index (χ4v) is 4.32. The molecule has 1 heterocycles. The van der Waals surface area contributed by atoms with Crippen molar-refractivity contribution >= 4 is 17.6 Å². The highest BCUT2D eigenvalue weighted by molar-refractivity contribution is 6.30. The van der Waals surface area contributed by atoms with Crippen molar-refractivity contribution in [2.24, 2.45) is 5.92 Å². The summed E-state index contributed by atoms with van der Waals surface area (Å²) >= 11 is 6.05. The topological polar surface area (TPSA) is 35.5 Å². The predicted molar refractivity (Wildman–Crippen MR) is 101 cm³/mol. The van der Waals surface area contributed by atoms with Gasteiger partial charge in [0.15, 0.2) is 0 Å². The molecule has 1 saturated heterocycles. The van der Waals surface area contributed by atoms with Crippen molar-refractivity contribution in [1.29, 1.82) is 0 Å². The molecule has 26 heavy (non-hydrogen) atoms. The summed E-state index contributed by atoms with van der Waals surface area (Å²) in [6.07, 6.45) is 1.62. The van der Waals surface area contributed by atoms with Crippen molar-refractivity contribution in [2.75, 3.05) is 0 Å². The van der Waals surface area contributed by atoms with Gasteiger partial charge in [-0.05, 0) is 67.1 Å². The molecule has 1 unspecified atom stereocenters. The lowest BCUT2D eigenvalue weighted by Gasteiger charge is -2.30. The van der Waals surface area contributed by atoms with Crippen molar-refractivity contribution in [3.63, 3.8) is 0 Å². The number of ether oxygens (including phenoxy) is 2. The molecule has 0 amide bonds. The van der Waals surface area contributed by atoms with E-state index in [4.69, 9.17) is 21.1 Å². The molecule has 1 aliphatic carbocycles. The smallest absolute Gasteiger partial charge is 0.334 e. The van der Waals surface area contributed by atoms with Crippen LogP contribution in [0.4, 0.5) is 0 Å². The van der Waals surface area contributed by atoms with Gasteiger partial charge in [0.25, 0.3) is 0 Å². The minimum absolute atomic E-state index is 0.0799. The van der Waals surface area contributed by atoms with E-state index >= 15 is 0 Å². The number of rotatable bonds is 3. The van der Waals surface area contributed by atoms with Crippen LogP contribution in [0.15, 0.2) is 42.5 Å². The second-order valence-electron chi connectivity index (χ2n) is 7.12. The van der Waals surface area contributed by atoms with Crippen LogP contribution in [0, 0.1) is 19.8 Å². The average Bonchev–Trinajstić information content (AvgIpc) is 2.91. The minimum Gasteiger partial charge on any atom is -0.489 e. The zero-order valence-corrected chi connectivity index (χ0v) is 15.7. The van der Waals surface area contributed by atoms with Crippen molar-refractivity contribution in [2.45, 2.75) is 39.4 Å². The molecule has 4 rings (SSSR count). The summed E-state index contributed by atoms with van der Waals surface area (Å²) in [5.74, 6) is 0.641. The number of fused-ring (bicyclic) bond motifs is 3. The molecular weight excluding hydrogens is 348 g/mol. The van der Waals surface area contributed by atoms with Crippen LogP contribution in [-0.4, -0.2) is 5.97 Å². The first kappa shape index (κ1) is 17.2. The monoisotopic (exact) mass is 368 g/mol. The quantitative estimate of drug-likeness (QED) is 0.548. The van der Waals surface area contributed by atoms with Gasteiger partial charge in [-0.15, -0.1) is 0 Å². The number of hydrogen-bond donors (Lipinski definition) is 0. The van der Waals surface area contributed by atoms with Gasteiger partial charge >= 0.3 is 5.97 Å². The molecule has 1 aliphatic heterocycles. The van der Waals surface area contributed by atoms with Crippen LogP contribution in [-0.2, 0) is 22.6 Å². The summed E-state index contributed by atoms with van der Waals surface area (Å²) in [5.41, 5.74) is 6.23. The normalized spacial score (nSPS) is 21.2. The van der Waals surface area contributed by atoms with Crippen LogP contribution >= 0.6 is 11.6 Å². The van der Waals surface area contributed by atoms with Crippen molar-refractivity contribution in [1.82, 2.24) is 0 Å². The van der Waals surface area contributed by atoms with Crippen LogP contribution in [0.3, 0.4) is 0 Å². The van der Waals surface area contributed by atoms with Gasteiger partial charge in [-0.25, -0.2) is 4.79 Å². The van der Waals surface area contributed by atoms with Crippen LogP contribution in [0.25, 0.3) is 0 Å². The minimum atomic E-state index is -0.268. The zero-order chi connectivity index (χ0) is 18.4. The zero-order valence-electron chi connectivity index (χ0n) is 15.0. The van der Waals surface area contributed by atoms with E-state index in [0.29, 0.717) is 17.2 Å². The first-order valence-electron chi connectivity index (χ1n) is 8.85. The summed E-state index contributed by atoms with van der Waals surface area (Å²) in [6, 6.07) is 9.75. The standard InChI is InChI=1S/C22H21ClO3/c1-12-9-19(25-11-15-5-4-6-16(23)10-15)14(3)20-17(12)7-8-18-13(2)22(24)26-21(18)20/h4-6,9-10,18,21H,2,7-8,11H2,1,3H3/t18-,21?/m0/s1. The Balaban J connectivity index is 1.68. The first-order valence-corrected chi connectivity index (χ1v) is 9.23. The molecule has 0 N–H and O–H groups in total. The van der Waals surface area contributed by atoms with E-state index in [0.717, 1.165) is 35.3 Å². The largest absolute Gasteiger partial charge is 0.489 e. The number of hydrogen-bond acceptors (Lipinski definition) is 3. The molecule has 4 heteroatoms. The van der Waals surface area contributed by atoms with Crippen molar-refractivity contribution in [3.05, 3.63) is 75.3 Å². The fraction of sp³-hybridized carbons (Fsp3) is 0.318. The Kier molecular flexibility index (Phi) is 4.28. The Morgan fingerprint density at radius 3 is 2.88 bits per heavy atom. The highest BCUT2D eigenvalue weighted by Gasteiger charge is 2.44. The van der Waals surface area contributed by atoms with Gasteiger partial charge in [-0.1, -0.05) is 30.3 Å². The maximum atomic E-state index is 12.0. The third-order valence-corrected chi connectivity index (χ3v) is 5.74. The molecule has 0 saturated carbocycles. The van der Waals surface area contributed by atoms with Gasteiger partial charge < -0.3 is 9.47 Å². The third-order valence-electron chi connectivity index (χ3n) is 5.50. The van der Waals surface area contributed by atoms with E-state index in [1.54, 1.807) is 0 Å². The van der Waals surface area contributed by atoms with Gasteiger partial charge in [0.2, 0.25) is 0 Å². The Morgan fingerprint density at radius 1 is 1.31 bits per heavy atom. The van der Waals surface area contributed by atoms with E-state index in [1.807, 2.05) is 31.2 Å². The van der Waals surface area contributed by atoms with E-state index in [-0.39, 0.29) is 18.0 Å². The van der Waals surface area contributed by atoms with Crippen molar-refractivity contribution < 1.29 is 14.3 Å². The molecule has 0 aromatic heterocycles. The maximum Gasteiger partial charge on any atom is 0.334 e. The molecule has 3 nitrogen and oxygen atoms in total. The Bertz CT molecular complexity index is 916. The number of carbonyl (C=O) groups is 1. The van der Waals surface area contributed by atoms with Gasteiger partial charge in [-0.2, -0.15) is 0 Å². The van der Waals surface area contributed by atoms with E-state index in [9.17, 15) is 4.79 Å². The average molecular weight is 369 g/mol. The predicted octanol–water partition coefficient (Wildman–Crippen LogP) is 5.25. The molecule has 2 aliphatic rings. The highest BCUT2D eigenvalue weighted by Crippen LogP contribution is 2.49. The van der Waals surface area contributed by atoms with Gasteiger partial charge in [0.1, 0.15) is 18.5 Å². The van der Waals surface area contributed by atoms with Gasteiger partial charge in [0.05, 0.1) is 0 Å². The lowest BCUT2D eigenvalue weighted by Crippen LogP contribution is -2.20. The van der Waals surface area contributed by atoms with Crippen LogP contribution < -0.4 is 4.74 Å².